The normalized spacial score (nSPS) is 30.6. The van der Waals surface area contributed by atoms with Crippen LogP contribution in [0.4, 0.5) is 5.69 Å². The summed E-state index contributed by atoms with van der Waals surface area (Å²) in [6.45, 7) is 7.82. The van der Waals surface area contributed by atoms with E-state index in [0.717, 1.165) is 5.56 Å². The first-order valence-corrected chi connectivity index (χ1v) is 13.5. The second kappa shape index (κ2) is 9.78. The highest BCUT2D eigenvalue weighted by atomic mass is 35.5. The molecule has 0 saturated carbocycles. The Morgan fingerprint density at radius 2 is 1.90 bits per heavy atom. The minimum absolute atomic E-state index is 0.0957. The van der Waals surface area contributed by atoms with E-state index in [2.05, 4.69) is 4.98 Å². The standard InChI is InChI=1S/C26H26Cl2N2O8S/c1-25(2)32-11-17(36-25)19-20(21-23(34-19)38-26(3,4)37-21)33-22(31)16-6-5-14(9-29-16)30-10-12-7-13(27)8-15(28)18(12)35-24(30)39/h5-9,17,19-21,23H,10-11H2,1-4H3/t17-,19-,20+,21-,23-/m0/s1. The van der Waals surface area contributed by atoms with E-state index in [-0.39, 0.29) is 17.5 Å². The molecule has 4 aliphatic rings. The van der Waals surface area contributed by atoms with Gasteiger partial charge in [-0.2, -0.15) is 0 Å². The van der Waals surface area contributed by atoms with Gasteiger partial charge in [-0.25, -0.2) is 9.78 Å². The van der Waals surface area contributed by atoms with Gasteiger partial charge in [-0.15, -0.1) is 0 Å². The number of aromatic nitrogens is 1. The summed E-state index contributed by atoms with van der Waals surface area (Å²) < 4.78 is 41.4. The van der Waals surface area contributed by atoms with Crippen molar-refractivity contribution < 1.29 is 38.0 Å². The van der Waals surface area contributed by atoms with Crippen LogP contribution in [-0.4, -0.2) is 65.0 Å². The lowest BCUT2D eigenvalue weighted by Gasteiger charge is -2.31. The Balaban J connectivity index is 1.19. The van der Waals surface area contributed by atoms with Crippen molar-refractivity contribution in [3.05, 3.63) is 51.8 Å². The molecule has 6 rings (SSSR count). The van der Waals surface area contributed by atoms with Crippen molar-refractivity contribution in [1.82, 2.24) is 4.98 Å². The topological polar surface area (TPSA) is 97.8 Å². The first-order valence-electron chi connectivity index (χ1n) is 12.4. The lowest BCUT2D eigenvalue weighted by molar-refractivity contribution is -0.232. The smallest absolute Gasteiger partial charge is 0.357 e. The van der Waals surface area contributed by atoms with Gasteiger partial charge < -0.3 is 33.2 Å². The summed E-state index contributed by atoms with van der Waals surface area (Å²) in [5.74, 6) is -1.84. The Hall–Kier alpha value is -2.09. The molecule has 5 atom stereocenters. The van der Waals surface area contributed by atoms with E-state index >= 15 is 0 Å². The minimum atomic E-state index is -0.890. The number of esters is 1. The number of carbonyl (C=O) groups is 1. The van der Waals surface area contributed by atoms with Crippen molar-refractivity contribution in [2.24, 2.45) is 0 Å². The summed E-state index contributed by atoms with van der Waals surface area (Å²) in [6, 6.07) is 6.62. The van der Waals surface area contributed by atoms with Crippen LogP contribution in [0.15, 0.2) is 30.5 Å². The molecule has 2 aromatic rings. The van der Waals surface area contributed by atoms with Gasteiger partial charge in [-0.3, -0.25) is 4.90 Å². The average molecular weight is 597 g/mol. The number of pyridine rings is 1. The molecule has 39 heavy (non-hydrogen) atoms. The number of rotatable bonds is 4. The van der Waals surface area contributed by atoms with Crippen LogP contribution in [-0.2, 0) is 35.0 Å². The maximum Gasteiger partial charge on any atom is 0.357 e. The Kier molecular flexibility index (Phi) is 6.79. The molecule has 0 amide bonds. The molecule has 1 aromatic heterocycles. The van der Waals surface area contributed by atoms with Crippen molar-refractivity contribution >= 4 is 52.3 Å². The molecule has 0 N–H and O–H groups in total. The number of thiocarbonyl (C=S) groups is 1. The lowest BCUT2D eigenvalue weighted by atomic mass is 10.1. The predicted molar refractivity (Wildman–Crippen MR) is 143 cm³/mol. The first kappa shape index (κ1) is 27.1. The number of halogens is 2. The van der Waals surface area contributed by atoms with E-state index in [1.807, 2.05) is 13.8 Å². The number of ether oxygens (including phenoxy) is 7. The third kappa shape index (κ3) is 5.22. The predicted octanol–water partition coefficient (Wildman–Crippen LogP) is 4.63. The lowest BCUT2D eigenvalue weighted by Crippen LogP contribution is -2.45. The van der Waals surface area contributed by atoms with Crippen LogP contribution in [0.1, 0.15) is 43.7 Å². The van der Waals surface area contributed by atoms with Gasteiger partial charge >= 0.3 is 5.97 Å². The zero-order chi connectivity index (χ0) is 27.7. The van der Waals surface area contributed by atoms with Crippen molar-refractivity contribution in [1.29, 1.82) is 0 Å². The summed E-state index contributed by atoms with van der Waals surface area (Å²) in [5, 5.41) is 1.06. The highest BCUT2D eigenvalue weighted by Crippen LogP contribution is 2.42. The molecule has 208 valence electrons. The largest absolute Gasteiger partial charge is 0.452 e. The maximum atomic E-state index is 13.2. The second-order valence-corrected chi connectivity index (χ2v) is 11.7. The molecule has 0 radical (unpaired) electrons. The molecule has 0 spiro atoms. The van der Waals surface area contributed by atoms with E-state index in [1.54, 1.807) is 43.0 Å². The molecule has 13 heteroatoms. The van der Waals surface area contributed by atoms with Crippen molar-refractivity contribution in [3.8, 4) is 5.75 Å². The fourth-order valence-corrected chi connectivity index (χ4v) is 5.91. The number of carbonyl (C=O) groups excluding carboxylic acids is 1. The molecule has 1 aromatic carbocycles. The third-order valence-electron chi connectivity index (χ3n) is 6.76. The molecule has 4 aliphatic heterocycles. The van der Waals surface area contributed by atoms with Crippen LogP contribution in [0, 0.1) is 0 Å². The van der Waals surface area contributed by atoms with E-state index in [1.165, 1.54) is 6.20 Å². The first-order chi connectivity index (χ1) is 18.4. The van der Waals surface area contributed by atoms with Gasteiger partial charge in [-0.1, -0.05) is 23.2 Å². The quantitative estimate of drug-likeness (QED) is 0.365. The molecule has 0 unspecified atom stereocenters. The van der Waals surface area contributed by atoms with E-state index < -0.39 is 48.2 Å². The van der Waals surface area contributed by atoms with Crippen LogP contribution in [0.5, 0.6) is 5.75 Å². The van der Waals surface area contributed by atoms with Crippen LogP contribution in [0.2, 0.25) is 10.0 Å². The highest BCUT2D eigenvalue weighted by molar-refractivity contribution is 7.80. The monoisotopic (exact) mass is 596 g/mol. The van der Waals surface area contributed by atoms with Gasteiger partial charge in [0.25, 0.3) is 5.17 Å². The van der Waals surface area contributed by atoms with E-state index in [4.69, 9.17) is 68.6 Å². The van der Waals surface area contributed by atoms with Gasteiger partial charge in [0.2, 0.25) is 0 Å². The van der Waals surface area contributed by atoms with E-state index in [9.17, 15) is 4.79 Å². The molecule has 3 saturated heterocycles. The average Bonchev–Trinajstić information content (AvgIpc) is 3.48. The minimum Gasteiger partial charge on any atom is -0.452 e. The fraction of sp³-hybridized carbons (Fsp3) is 0.500. The zero-order valence-electron chi connectivity index (χ0n) is 21.5. The van der Waals surface area contributed by atoms with E-state index in [0.29, 0.717) is 28.0 Å². The fourth-order valence-electron chi connectivity index (χ4n) is 5.08. The third-order valence-corrected chi connectivity index (χ3v) is 7.56. The van der Waals surface area contributed by atoms with Crippen LogP contribution >= 0.6 is 35.4 Å². The van der Waals surface area contributed by atoms with Gasteiger partial charge in [-0.05, 0) is 64.2 Å². The van der Waals surface area contributed by atoms with Gasteiger partial charge in [0, 0.05) is 10.6 Å². The molecule has 5 heterocycles. The van der Waals surface area contributed by atoms with Crippen LogP contribution in [0.25, 0.3) is 0 Å². The summed E-state index contributed by atoms with van der Waals surface area (Å²) >= 11 is 17.8. The Bertz CT molecular complexity index is 1320. The number of hydrogen-bond acceptors (Lipinski definition) is 10. The number of hydrogen-bond donors (Lipinski definition) is 0. The summed E-state index contributed by atoms with van der Waals surface area (Å²) in [7, 11) is 0. The molecular formula is C26H26Cl2N2O8S. The SMILES string of the molecule is CC1(C)O[C@@H]2O[C@@H]([C@@H]3COC(C)(C)O3)[C@@H](OC(=O)c3ccc(N4Cc5cc(Cl)cc(Cl)c5OC4=S)cn3)[C@@H]2O1. The molecule has 0 aliphatic carbocycles. The highest BCUT2D eigenvalue weighted by Gasteiger charge is 2.60. The van der Waals surface area contributed by atoms with Gasteiger partial charge in [0.1, 0.15) is 17.9 Å². The Labute approximate surface area is 240 Å². The van der Waals surface area contributed by atoms with Crippen molar-refractivity contribution in [2.75, 3.05) is 11.5 Å². The number of anilines is 1. The van der Waals surface area contributed by atoms with Gasteiger partial charge in [0.05, 0.1) is 30.1 Å². The number of benzene rings is 1. The van der Waals surface area contributed by atoms with Crippen LogP contribution < -0.4 is 9.64 Å². The summed E-state index contributed by atoms with van der Waals surface area (Å²) in [4.78, 5) is 19.3. The summed E-state index contributed by atoms with van der Waals surface area (Å²) in [6.07, 6.45) is -1.76. The second-order valence-electron chi connectivity index (χ2n) is 10.5. The molecule has 3 fully saturated rings. The molecule has 10 nitrogen and oxygen atoms in total. The Morgan fingerprint density at radius 3 is 2.59 bits per heavy atom. The van der Waals surface area contributed by atoms with Crippen LogP contribution in [0.3, 0.4) is 0 Å². The van der Waals surface area contributed by atoms with Crippen molar-refractivity contribution in [2.45, 2.75) is 76.5 Å². The maximum absolute atomic E-state index is 13.2. The van der Waals surface area contributed by atoms with Crippen molar-refractivity contribution in [3.63, 3.8) is 0 Å². The number of fused-ring (bicyclic) bond motifs is 2. The number of nitrogens with zero attached hydrogens (tertiary/aromatic N) is 2. The zero-order valence-corrected chi connectivity index (χ0v) is 23.8. The molecular weight excluding hydrogens is 571 g/mol. The summed E-state index contributed by atoms with van der Waals surface area (Å²) in [5.41, 5.74) is 1.49. The molecule has 0 bridgehead atoms. The van der Waals surface area contributed by atoms with Gasteiger partial charge in [0.15, 0.2) is 35.8 Å². The Morgan fingerprint density at radius 1 is 1.10 bits per heavy atom.